The van der Waals surface area contributed by atoms with Gasteiger partial charge in [-0.15, -0.1) is 0 Å². The van der Waals surface area contributed by atoms with Gasteiger partial charge < -0.3 is 10.2 Å². The Balaban J connectivity index is 1.77. The number of aryl methyl sites for hydroxylation is 1. The van der Waals surface area contributed by atoms with E-state index < -0.39 is 0 Å². The summed E-state index contributed by atoms with van der Waals surface area (Å²) in [5.41, 5.74) is 6.31. The van der Waals surface area contributed by atoms with E-state index >= 15 is 0 Å². The number of hydrogen-bond donors (Lipinski definition) is 2. The smallest absolute Gasteiger partial charge is 0.244 e. The highest BCUT2D eigenvalue weighted by Crippen LogP contribution is 2.18. The highest BCUT2D eigenvalue weighted by molar-refractivity contribution is 5.84. The topological polar surface area (TPSA) is 64.7 Å². The summed E-state index contributed by atoms with van der Waals surface area (Å²) in [6.07, 6.45) is 2.53. The number of hydrazine groups is 1. The van der Waals surface area contributed by atoms with Crippen molar-refractivity contribution in [3.05, 3.63) is 41.5 Å². The Morgan fingerprint density at radius 3 is 2.37 bits per heavy atom. The number of rotatable bonds is 11. The van der Waals surface area contributed by atoms with E-state index in [0.717, 1.165) is 30.9 Å². The molecule has 2 N–H and O–H groups in total. The summed E-state index contributed by atoms with van der Waals surface area (Å²) in [5.74, 6) is 1.17. The largest absolute Gasteiger partial charge is 0.355 e. The van der Waals surface area contributed by atoms with Crippen molar-refractivity contribution in [1.29, 1.82) is 0 Å². The second-order valence-corrected chi connectivity index (χ2v) is 8.99. The highest BCUT2D eigenvalue weighted by atomic mass is 16.2. The van der Waals surface area contributed by atoms with Gasteiger partial charge in [0.15, 0.2) is 0 Å². The number of hydrogen-bond acceptors (Lipinski definition) is 4. The number of carbonyl (C=O) groups excluding carboxylic acids is 2. The van der Waals surface area contributed by atoms with Crippen molar-refractivity contribution in [2.75, 3.05) is 32.7 Å². The molecule has 1 aromatic rings. The van der Waals surface area contributed by atoms with Gasteiger partial charge in [-0.05, 0) is 30.4 Å². The molecule has 166 valence electrons. The van der Waals surface area contributed by atoms with Crippen molar-refractivity contribution >= 4 is 17.5 Å². The minimum absolute atomic E-state index is 0.0151. The van der Waals surface area contributed by atoms with Crippen molar-refractivity contribution in [3.63, 3.8) is 0 Å². The van der Waals surface area contributed by atoms with E-state index in [1.54, 1.807) is 5.01 Å². The van der Waals surface area contributed by atoms with Gasteiger partial charge in [0.25, 0.3) is 0 Å². The number of nitrogens with one attached hydrogen (secondary N) is 2. The second kappa shape index (κ2) is 11.7. The Labute approximate surface area is 181 Å². The predicted octanol–water partition coefficient (Wildman–Crippen LogP) is 3.19. The third-order valence-corrected chi connectivity index (χ3v) is 4.96. The van der Waals surface area contributed by atoms with Crippen molar-refractivity contribution < 1.29 is 9.59 Å². The maximum atomic E-state index is 12.3. The molecule has 0 spiro atoms. The molecule has 0 atom stereocenters. The summed E-state index contributed by atoms with van der Waals surface area (Å²) in [5, 5.41) is 4.56. The zero-order valence-corrected chi connectivity index (χ0v) is 19.2. The van der Waals surface area contributed by atoms with Crippen LogP contribution in [0, 0.1) is 18.8 Å². The summed E-state index contributed by atoms with van der Waals surface area (Å²) in [4.78, 5) is 26.9. The second-order valence-electron chi connectivity index (χ2n) is 8.99. The zero-order valence-electron chi connectivity index (χ0n) is 19.2. The average Bonchev–Trinajstić information content (AvgIpc) is 2.67. The maximum absolute atomic E-state index is 12.3. The summed E-state index contributed by atoms with van der Waals surface area (Å²) >= 11 is 0. The Hall–Kier alpha value is -2.34. The monoisotopic (exact) mass is 414 g/mol. The fourth-order valence-corrected chi connectivity index (χ4v) is 3.59. The molecule has 0 bridgehead atoms. The van der Waals surface area contributed by atoms with Crippen LogP contribution in [0.4, 0.5) is 0 Å². The summed E-state index contributed by atoms with van der Waals surface area (Å²) < 4.78 is 0. The van der Waals surface area contributed by atoms with Crippen molar-refractivity contribution in [1.82, 2.24) is 20.7 Å². The van der Waals surface area contributed by atoms with Crippen LogP contribution in [-0.4, -0.2) is 54.4 Å². The molecule has 1 aliphatic heterocycles. The summed E-state index contributed by atoms with van der Waals surface area (Å²) in [6, 6.07) is 8.17. The van der Waals surface area contributed by atoms with Crippen LogP contribution in [0.25, 0.3) is 5.70 Å². The molecule has 0 aliphatic carbocycles. The lowest BCUT2D eigenvalue weighted by molar-refractivity contribution is -0.133. The van der Waals surface area contributed by atoms with Gasteiger partial charge in [0.1, 0.15) is 0 Å². The highest BCUT2D eigenvalue weighted by Gasteiger charge is 2.20. The first-order valence-corrected chi connectivity index (χ1v) is 11.1. The van der Waals surface area contributed by atoms with E-state index in [0.29, 0.717) is 31.3 Å². The minimum Gasteiger partial charge on any atom is -0.355 e. The van der Waals surface area contributed by atoms with E-state index in [4.69, 9.17) is 0 Å². The molecule has 2 rings (SSSR count). The van der Waals surface area contributed by atoms with E-state index in [-0.39, 0.29) is 18.2 Å². The van der Waals surface area contributed by atoms with Crippen LogP contribution in [-0.2, 0) is 9.59 Å². The molecule has 2 amide bonds. The van der Waals surface area contributed by atoms with Gasteiger partial charge >= 0.3 is 0 Å². The van der Waals surface area contributed by atoms with Gasteiger partial charge in [0.2, 0.25) is 11.8 Å². The Kier molecular flexibility index (Phi) is 9.37. The first-order chi connectivity index (χ1) is 14.2. The molecule has 30 heavy (non-hydrogen) atoms. The van der Waals surface area contributed by atoms with Crippen LogP contribution in [0.5, 0.6) is 0 Å². The molecule has 1 aromatic carbocycles. The minimum atomic E-state index is -0.0231. The van der Waals surface area contributed by atoms with Crippen LogP contribution < -0.4 is 10.7 Å². The van der Waals surface area contributed by atoms with Gasteiger partial charge in [-0.2, -0.15) is 0 Å². The zero-order chi connectivity index (χ0) is 22.1. The molecule has 1 heterocycles. The SMILES string of the molecule is Cc1ccc(C2=CCC(=O)N(CCC(=O)NCCN(CC(C)C)CC(C)C)N2)cc1. The lowest BCUT2D eigenvalue weighted by Gasteiger charge is -2.29. The van der Waals surface area contributed by atoms with Gasteiger partial charge in [-0.25, -0.2) is 0 Å². The number of benzene rings is 1. The van der Waals surface area contributed by atoms with E-state index in [9.17, 15) is 9.59 Å². The molecule has 0 radical (unpaired) electrons. The molecule has 0 saturated carbocycles. The molecule has 0 saturated heterocycles. The molecular weight excluding hydrogens is 376 g/mol. The van der Waals surface area contributed by atoms with Crippen LogP contribution in [0.1, 0.15) is 51.7 Å². The Bertz CT molecular complexity index is 715. The lowest BCUT2D eigenvalue weighted by Crippen LogP contribution is -2.46. The molecule has 1 aliphatic rings. The normalized spacial score (nSPS) is 14.3. The van der Waals surface area contributed by atoms with Gasteiger partial charge in [0.05, 0.1) is 12.2 Å². The third-order valence-electron chi connectivity index (χ3n) is 4.96. The fraction of sp³-hybridized carbons (Fsp3) is 0.583. The van der Waals surface area contributed by atoms with Crippen LogP contribution in [0.3, 0.4) is 0 Å². The molecule has 6 heteroatoms. The van der Waals surface area contributed by atoms with Crippen LogP contribution in [0.2, 0.25) is 0 Å². The third kappa shape index (κ3) is 8.19. The molecule has 6 nitrogen and oxygen atoms in total. The van der Waals surface area contributed by atoms with E-state index in [1.165, 1.54) is 5.56 Å². The first kappa shape index (κ1) is 23.9. The van der Waals surface area contributed by atoms with Crippen molar-refractivity contribution in [3.8, 4) is 0 Å². The van der Waals surface area contributed by atoms with E-state index in [2.05, 4.69) is 43.3 Å². The lowest BCUT2D eigenvalue weighted by atomic mass is 10.1. The van der Waals surface area contributed by atoms with Gasteiger partial charge in [0, 0.05) is 39.0 Å². The molecular formula is C24H38N4O2. The first-order valence-electron chi connectivity index (χ1n) is 11.1. The van der Waals surface area contributed by atoms with Crippen LogP contribution >= 0.6 is 0 Å². The number of amides is 2. The van der Waals surface area contributed by atoms with Gasteiger partial charge in [-0.3, -0.25) is 20.0 Å². The maximum Gasteiger partial charge on any atom is 0.244 e. The van der Waals surface area contributed by atoms with Gasteiger partial charge in [-0.1, -0.05) is 57.5 Å². The van der Waals surface area contributed by atoms with Crippen molar-refractivity contribution in [2.45, 2.75) is 47.5 Å². The fourth-order valence-electron chi connectivity index (χ4n) is 3.59. The Morgan fingerprint density at radius 2 is 1.77 bits per heavy atom. The molecule has 0 aromatic heterocycles. The standard InChI is InChI=1S/C24H38N4O2/c1-18(2)16-27(17-19(3)4)15-13-25-23(29)12-14-28-24(30)11-10-22(26-28)21-8-6-20(5)7-9-21/h6-10,18-19,26H,11-17H2,1-5H3,(H,25,29). The summed E-state index contributed by atoms with van der Waals surface area (Å²) in [7, 11) is 0. The molecule has 0 fully saturated rings. The quantitative estimate of drug-likeness (QED) is 0.584. The number of carbonyl (C=O) groups is 2. The van der Waals surface area contributed by atoms with E-state index in [1.807, 2.05) is 37.3 Å². The van der Waals surface area contributed by atoms with Crippen LogP contribution in [0.15, 0.2) is 30.3 Å². The summed E-state index contributed by atoms with van der Waals surface area (Å²) in [6.45, 7) is 14.8. The average molecular weight is 415 g/mol. The number of nitrogens with zero attached hydrogens (tertiary/aromatic N) is 2. The Morgan fingerprint density at radius 1 is 1.13 bits per heavy atom. The van der Waals surface area contributed by atoms with Crippen molar-refractivity contribution in [2.24, 2.45) is 11.8 Å². The molecule has 0 unspecified atom stereocenters. The predicted molar refractivity (Wildman–Crippen MR) is 122 cm³/mol.